The smallest absolute Gasteiger partial charge is 0.254 e. The maximum atomic E-state index is 12.6. The van der Waals surface area contributed by atoms with Crippen molar-refractivity contribution < 1.29 is 4.79 Å². The molecule has 0 radical (unpaired) electrons. The molecule has 6 heteroatoms. The van der Waals surface area contributed by atoms with Crippen LogP contribution in [0.2, 0.25) is 0 Å². The van der Waals surface area contributed by atoms with E-state index in [0.717, 1.165) is 29.9 Å². The van der Waals surface area contributed by atoms with Crippen molar-refractivity contribution in [2.45, 2.75) is 26.3 Å². The molecule has 23 heavy (non-hydrogen) atoms. The third-order valence-corrected chi connectivity index (χ3v) is 4.36. The number of hydrogen-bond donors (Lipinski definition) is 1. The van der Waals surface area contributed by atoms with Crippen LogP contribution in [-0.2, 0) is 0 Å². The summed E-state index contributed by atoms with van der Waals surface area (Å²) in [5.74, 6) is 0.511. The van der Waals surface area contributed by atoms with Crippen LogP contribution in [0.5, 0.6) is 0 Å². The molecule has 0 spiro atoms. The minimum Gasteiger partial charge on any atom is -0.336 e. The first-order valence-electron chi connectivity index (χ1n) is 7.72. The van der Waals surface area contributed by atoms with Crippen LogP contribution >= 0.6 is 12.4 Å². The van der Waals surface area contributed by atoms with Crippen molar-refractivity contribution in [3.05, 3.63) is 47.8 Å². The molecule has 1 aliphatic heterocycles. The molecule has 2 heterocycles. The molecule has 124 valence electrons. The first kappa shape index (κ1) is 17.5. The molecule has 2 atom stereocenters. The van der Waals surface area contributed by atoms with Crippen LogP contribution in [0, 0.1) is 12.8 Å². The highest BCUT2D eigenvalue weighted by atomic mass is 35.5. The van der Waals surface area contributed by atoms with E-state index in [2.05, 4.69) is 12.0 Å². The van der Waals surface area contributed by atoms with Crippen molar-refractivity contribution in [3.63, 3.8) is 0 Å². The van der Waals surface area contributed by atoms with Gasteiger partial charge < -0.3 is 10.6 Å². The van der Waals surface area contributed by atoms with Gasteiger partial charge in [-0.3, -0.25) is 4.79 Å². The Morgan fingerprint density at radius 1 is 1.30 bits per heavy atom. The number of aryl methyl sites for hydroxylation is 1. The van der Waals surface area contributed by atoms with Crippen molar-refractivity contribution in [2.24, 2.45) is 11.7 Å². The predicted molar refractivity (Wildman–Crippen MR) is 93.2 cm³/mol. The Hall–Kier alpha value is -1.85. The maximum absolute atomic E-state index is 12.6. The number of carbonyl (C=O) groups excluding carboxylic acids is 1. The van der Waals surface area contributed by atoms with E-state index in [1.165, 1.54) is 0 Å². The molecular weight excluding hydrogens is 312 g/mol. The Balaban J connectivity index is 0.00000192. The fraction of sp³-hybridized carbons (Fsp3) is 0.412. The van der Waals surface area contributed by atoms with Crippen LogP contribution < -0.4 is 5.73 Å². The molecule has 1 fully saturated rings. The fourth-order valence-electron chi connectivity index (χ4n) is 3.08. The van der Waals surface area contributed by atoms with E-state index in [1.54, 1.807) is 0 Å². The number of likely N-dealkylation sites (tertiary alicyclic amines) is 1. The van der Waals surface area contributed by atoms with Crippen LogP contribution in [-0.4, -0.2) is 39.7 Å². The largest absolute Gasteiger partial charge is 0.336 e. The number of amides is 1. The van der Waals surface area contributed by atoms with Gasteiger partial charge in [-0.05, 0) is 63.1 Å². The van der Waals surface area contributed by atoms with Gasteiger partial charge in [-0.1, -0.05) is 0 Å². The number of nitrogens with two attached hydrogens (primary N) is 1. The zero-order valence-electron chi connectivity index (χ0n) is 13.5. The maximum Gasteiger partial charge on any atom is 0.254 e. The SMILES string of the molecule is Cc1ccn(-c2ccc(C(=O)N3CC(CN)CC3C)cc2)n1.Cl. The highest BCUT2D eigenvalue weighted by Crippen LogP contribution is 2.24. The lowest BCUT2D eigenvalue weighted by atomic mass is 10.1. The van der Waals surface area contributed by atoms with Gasteiger partial charge in [-0.15, -0.1) is 12.4 Å². The number of benzene rings is 1. The predicted octanol–water partition coefficient (Wildman–Crippen LogP) is 2.41. The summed E-state index contributed by atoms with van der Waals surface area (Å²) < 4.78 is 1.81. The minimum absolute atomic E-state index is 0. The van der Waals surface area contributed by atoms with E-state index in [9.17, 15) is 4.79 Å². The summed E-state index contributed by atoms with van der Waals surface area (Å²) in [4.78, 5) is 14.6. The second-order valence-electron chi connectivity index (χ2n) is 6.09. The van der Waals surface area contributed by atoms with Gasteiger partial charge in [0, 0.05) is 24.3 Å². The molecule has 1 aromatic heterocycles. The average molecular weight is 335 g/mol. The normalized spacial score (nSPS) is 20.4. The molecule has 2 unspecified atom stereocenters. The summed E-state index contributed by atoms with van der Waals surface area (Å²) in [5.41, 5.74) is 8.38. The van der Waals surface area contributed by atoms with Crippen LogP contribution in [0.25, 0.3) is 5.69 Å². The summed E-state index contributed by atoms with van der Waals surface area (Å²) in [7, 11) is 0. The number of rotatable bonds is 3. The first-order valence-corrected chi connectivity index (χ1v) is 7.72. The molecule has 1 saturated heterocycles. The highest BCUT2D eigenvalue weighted by Gasteiger charge is 2.31. The Labute approximate surface area is 142 Å². The zero-order valence-corrected chi connectivity index (χ0v) is 14.3. The van der Waals surface area contributed by atoms with Crippen molar-refractivity contribution in [1.82, 2.24) is 14.7 Å². The molecule has 0 saturated carbocycles. The molecule has 2 N–H and O–H groups in total. The summed E-state index contributed by atoms with van der Waals surface area (Å²) in [6, 6.07) is 9.82. The lowest BCUT2D eigenvalue weighted by molar-refractivity contribution is 0.0743. The molecule has 0 aliphatic carbocycles. The van der Waals surface area contributed by atoms with Crippen molar-refractivity contribution >= 4 is 18.3 Å². The lowest BCUT2D eigenvalue weighted by Crippen LogP contribution is -2.34. The van der Waals surface area contributed by atoms with Crippen LogP contribution in [0.4, 0.5) is 0 Å². The summed E-state index contributed by atoms with van der Waals surface area (Å²) >= 11 is 0. The van der Waals surface area contributed by atoms with Crippen LogP contribution in [0.15, 0.2) is 36.5 Å². The van der Waals surface area contributed by atoms with E-state index >= 15 is 0 Å². The third kappa shape index (κ3) is 3.57. The lowest BCUT2D eigenvalue weighted by Gasteiger charge is -2.21. The van der Waals surface area contributed by atoms with Gasteiger partial charge >= 0.3 is 0 Å². The number of aromatic nitrogens is 2. The van der Waals surface area contributed by atoms with Gasteiger partial charge in [0.1, 0.15) is 0 Å². The van der Waals surface area contributed by atoms with E-state index < -0.39 is 0 Å². The number of carbonyl (C=O) groups is 1. The quantitative estimate of drug-likeness (QED) is 0.937. The minimum atomic E-state index is 0. The molecule has 1 aliphatic rings. The summed E-state index contributed by atoms with van der Waals surface area (Å²) in [6.45, 7) is 5.45. The fourth-order valence-corrected chi connectivity index (χ4v) is 3.08. The van der Waals surface area contributed by atoms with Crippen LogP contribution in [0.1, 0.15) is 29.4 Å². The van der Waals surface area contributed by atoms with E-state index in [-0.39, 0.29) is 24.4 Å². The Bertz CT molecular complexity index is 667. The van der Waals surface area contributed by atoms with Crippen LogP contribution in [0.3, 0.4) is 0 Å². The first-order chi connectivity index (χ1) is 10.6. The Morgan fingerprint density at radius 2 is 2.00 bits per heavy atom. The summed E-state index contributed by atoms with van der Waals surface area (Å²) in [5, 5.41) is 4.37. The standard InChI is InChI=1S/C17H22N4O.ClH/c1-12-7-8-21(19-12)16-5-3-15(4-6-16)17(22)20-11-14(10-18)9-13(20)2;/h3-8,13-14H,9-11,18H2,1-2H3;1H. The average Bonchev–Trinajstić information content (AvgIpc) is 3.12. The van der Waals surface area contributed by atoms with Gasteiger partial charge in [0.25, 0.3) is 5.91 Å². The Kier molecular flexibility index (Phi) is 5.44. The van der Waals surface area contributed by atoms with Gasteiger partial charge in [0.05, 0.1) is 11.4 Å². The molecule has 5 nitrogen and oxygen atoms in total. The van der Waals surface area contributed by atoms with Crippen molar-refractivity contribution in [2.75, 3.05) is 13.1 Å². The third-order valence-electron chi connectivity index (χ3n) is 4.36. The van der Waals surface area contributed by atoms with Gasteiger partial charge in [-0.25, -0.2) is 4.68 Å². The molecule has 3 rings (SSSR count). The van der Waals surface area contributed by atoms with Gasteiger partial charge in [0.15, 0.2) is 0 Å². The highest BCUT2D eigenvalue weighted by molar-refractivity contribution is 5.94. The number of nitrogens with zero attached hydrogens (tertiary/aromatic N) is 3. The van der Waals surface area contributed by atoms with E-state index in [4.69, 9.17) is 5.73 Å². The molecule has 1 amide bonds. The monoisotopic (exact) mass is 334 g/mol. The Morgan fingerprint density at radius 3 is 2.52 bits per heavy atom. The molecular formula is C17H23ClN4O. The second-order valence-corrected chi connectivity index (χ2v) is 6.09. The number of halogens is 1. The topological polar surface area (TPSA) is 64.2 Å². The van der Waals surface area contributed by atoms with E-state index in [1.807, 2.05) is 53.0 Å². The molecule has 2 aromatic rings. The summed E-state index contributed by atoms with van der Waals surface area (Å²) in [6.07, 6.45) is 2.91. The molecule has 1 aromatic carbocycles. The van der Waals surface area contributed by atoms with Gasteiger partial charge in [0.2, 0.25) is 0 Å². The van der Waals surface area contributed by atoms with Gasteiger partial charge in [-0.2, -0.15) is 5.10 Å². The van der Waals surface area contributed by atoms with Crippen molar-refractivity contribution in [1.29, 1.82) is 0 Å². The van der Waals surface area contributed by atoms with E-state index in [0.29, 0.717) is 12.5 Å². The van der Waals surface area contributed by atoms with Crippen molar-refractivity contribution in [3.8, 4) is 5.69 Å². The second kappa shape index (κ2) is 7.15. The number of hydrogen-bond acceptors (Lipinski definition) is 3. The zero-order chi connectivity index (χ0) is 15.7. The molecule has 0 bridgehead atoms.